The van der Waals surface area contributed by atoms with E-state index in [-0.39, 0.29) is 5.41 Å². The fraction of sp³-hybridized carbons (Fsp3) is 0.481. The highest BCUT2D eigenvalue weighted by Crippen LogP contribution is 2.40. The van der Waals surface area contributed by atoms with Crippen LogP contribution in [0, 0.1) is 0 Å². The van der Waals surface area contributed by atoms with Gasteiger partial charge in [0.25, 0.3) is 0 Å². The Morgan fingerprint density at radius 3 is 2.42 bits per heavy atom. The lowest BCUT2D eigenvalue weighted by molar-refractivity contribution is 0.413. The minimum absolute atomic E-state index is 0.0731. The minimum Gasteiger partial charge on any atom is -0.496 e. The van der Waals surface area contributed by atoms with Gasteiger partial charge in [-0.2, -0.15) is 0 Å². The van der Waals surface area contributed by atoms with Crippen LogP contribution >= 0.6 is 11.8 Å². The van der Waals surface area contributed by atoms with E-state index < -0.39 is 0 Å². The molecule has 3 nitrogen and oxygen atoms in total. The molecule has 0 bridgehead atoms. The van der Waals surface area contributed by atoms with Crippen LogP contribution < -0.4 is 15.0 Å². The van der Waals surface area contributed by atoms with Crippen LogP contribution in [0.5, 0.6) is 5.75 Å². The van der Waals surface area contributed by atoms with E-state index in [1.165, 1.54) is 21.8 Å². The highest BCUT2D eigenvalue weighted by atomic mass is 32.2. The van der Waals surface area contributed by atoms with Crippen molar-refractivity contribution < 1.29 is 4.74 Å². The van der Waals surface area contributed by atoms with Gasteiger partial charge in [0.1, 0.15) is 5.75 Å². The van der Waals surface area contributed by atoms with Gasteiger partial charge in [-0.1, -0.05) is 32.4 Å². The molecule has 4 heteroatoms. The number of hydrogen-bond acceptors (Lipinski definition) is 4. The van der Waals surface area contributed by atoms with Crippen LogP contribution in [0.1, 0.15) is 58.1 Å². The highest BCUT2D eigenvalue weighted by molar-refractivity contribution is 7.98. The van der Waals surface area contributed by atoms with Gasteiger partial charge in [0, 0.05) is 48.0 Å². The number of rotatable bonds is 12. The van der Waals surface area contributed by atoms with E-state index in [0.29, 0.717) is 0 Å². The van der Waals surface area contributed by atoms with Crippen molar-refractivity contribution in [3.63, 3.8) is 0 Å². The van der Waals surface area contributed by atoms with Crippen LogP contribution in [0.3, 0.4) is 0 Å². The number of hydrogen-bond donors (Lipinski definition) is 1. The first-order valence-electron chi connectivity index (χ1n) is 11.4. The Labute approximate surface area is 194 Å². The summed E-state index contributed by atoms with van der Waals surface area (Å²) in [6.07, 6.45) is 9.95. The fourth-order valence-electron chi connectivity index (χ4n) is 4.34. The average Bonchev–Trinajstić information content (AvgIpc) is 2.80. The first-order valence-corrected chi connectivity index (χ1v) is 12.6. The monoisotopic (exact) mass is 440 g/mol. The molecule has 0 saturated carbocycles. The molecule has 0 aliphatic carbocycles. The molecule has 2 aromatic carbocycles. The Morgan fingerprint density at radius 2 is 1.84 bits per heavy atom. The Bertz CT molecular complexity index is 860. The molecule has 1 atom stereocenters. The number of allylic oxidation sites excluding steroid dienone is 1. The molecule has 0 aliphatic heterocycles. The van der Waals surface area contributed by atoms with Crippen LogP contribution in [0.25, 0.3) is 6.08 Å². The molecule has 0 spiro atoms. The standard InChI is InChI=1S/C27H40N2OS/c1-8-17-27(4,24-20-23(31-7)15-16-25(24)28-5)18-11-12-21-13-14-22(19-26(21)30-6)29(9-2)10-3/h11-16,19-20,28H,8-10,17-18H2,1-7H3/b12-11+. The van der Waals surface area contributed by atoms with Gasteiger partial charge in [0.05, 0.1) is 7.11 Å². The van der Waals surface area contributed by atoms with Gasteiger partial charge in [0.2, 0.25) is 0 Å². The van der Waals surface area contributed by atoms with Gasteiger partial charge in [0.15, 0.2) is 0 Å². The Hall–Kier alpha value is -2.07. The van der Waals surface area contributed by atoms with Crippen molar-refractivity contribution in [2.24, 2.45) is 0 Å². The summed E-state index contributed by atoms with van der Waals surface area (Å²) in [7, 11) is 3.77. The van der Waals surface area contributed by atoms with Gasteiger partial charge >= 0.3 is 0 Å². The summed E-state index contributed by atoms with van der Waals surface area (Å²) in [5.41, 5.74) is 5.04. The lowest BCUT2D eigenvalue weighted by atomic mass is 9.75. The SMILES string of the molecule is CCCC(C)(C/C=C/c1ccc(N(CC)CC)cc1OC)c1cc(SC)ccc1NC. The van der Waals surface area contributed by atoms with Crippen molar-refractivity contribution in [1.82, 2.24) is 0 Å². The largest absolute Gasteiger partial charge is 0.496 e. The van der Waals surface area contributed by atoms with E-state index in [4.69, 9.17) is 4.74 Å². The molecule has 0 aromatic heterocycles. The van der Waals surface area contributed by atoms with E-state index in [1.54, 1.807) is 18.9 Å². The van der Waals surface area contributed by atoms with Gasteiger partial charge in [-0.25, -0.2) is 0 Å². The summed E-state index contributed by atoms with van der Waals surface area (Å²) in [6, 6.07) is 13.3. The molecular weight excluding hydrogens is 400 g/mol. The third-order valence-corrected chi connectivity index (χ3v) is 6.88. The summed E-state index contributed by atoms with van der Waals surface area (Å²) in [4.78, 5) is 3.65. The van der Waals surface area contributed by atoms with E-state index in [2.05, 4.69) is 92.7 Å². The number of thioether (sulfide) groups is 1. The third-order valence-electron chi connectivity index (χ3n) is 6.16. The summed E-state index contributed by atoms with van der Waals surface area (Å²) < 4.78 is 5.72. The number of nitrogens with zero attached hydrogens (tertiary/aromatic N) is 1. The Balaban J connectivity index is 2.33. The maximum absolute atomic E-state index is 5.72. The molecule has 170 valence electrons. The predicted molar refractivity (Wildman–Crippen MR) is 140 cm³/mol. The lowest BCUT2D eigenvalue weighted by Crippen LogP contribution is -2.22. The number of nitrogens with one attached hydrogen (secondary N) is 1. The van der Waals surface area contributed by atoms with Crippen LogP contribution in [-0.2, 0) is 5.41 Å². The summed E-state index contributed by atoms with van der Waals surface area (Å²) >= 11 is 1.80. The van der Waals surface area contributed by atoms with Crippen LogP contribution in [-0.4, -0.2) is 33.5 Å². The minimum atomic E-state index is 0.0731. The lowest BCUT2D eigenvalue weighted by Gasteiger charge is -2.31. The smallest absolute Gasteiger partial charge is 0.128 e. The highest BCUT2D eigenvalue weighted by Gasteiger charge is 2.27. The summed E-state index contributed by atoms with van der Waals surface area (Å²) in [6.45, 7) is 11.0. The molecule has 0 heterocycles. The molecule has 2 rings (SSSR count). The zero-order valence-corrected chi connectivity index (χ0v) is 21.2. The van der Waals surface area contributed by atoms with Gasteiger partial charge < -0.3 is 15.0 Å². The number of benzene rings is 2. The molecular formula is C27H40N2OS. The van der Waals surface area contributed by atoms with Gasteiger partial charge in [-0.15, -0.1) is 11.8 Å². The average molecular weight is 441 g/mol. The molecule has 31 heavy (non-hydrogen) atoms. The van der Waals surface area contributed by atoms with Crippen molar-refractivity contribution in [3.8, 4) is 5.75 Å². The second-order valence-corrected chi connectivity index (χ2v) is 9.06. The summed E-state index contributed by atoms with van der Waals surface area (Å²) in [5, 5.41) is 3.41. The molecule has 0 saturated heterocycles. The number of anilines is 2. The molecule has 0 amide bonds. The predicted octanol–water partition coefficient (Wildman–Crippen LogP) is 7.47. The molecule has 0 aliphatic rings. The quantitative estimate of drug-likeness (QED) is 0.346. The first-order chi connectivity index (χ1) is 15.0. The van der Waals surface area contributed by atoms with E-state index in [0.717, 1.165) is 43.7 Å². The Kier molecular flexibility index (Phi) is 9.83. The second kappa shape index (κ2) is 12.1. The topological polar surface area (TPSA) is 24.5 Å². The molecule has 1 unspecified atom stereocenters. The van der Waals surface area contributed by atoms with Crippen LogP contribution in [0.4, 0.5) is 11.4 Å². The Morgan fingerprint density at radius 1 is 1.10 bits per heavy atom. The molecule has 0 fully saturated rings. The molecule has 0 radical (unpaired) electrons. The van der Waals surface area contributed by atoms with Crippen molar-refractivity contribution >= 4 is 29.2 Å². The van der Waals surface area contributed by atoms with Crippen molar-refractivity contribution in [2.75, 3.05) is 43.7 Å². The van der Waals surface area contributed by atoms with E-state index in [9.17, 15) is 0 Å². The fourth-order valence-corrected chi connectivity index (χ4v) is 4.77. The maximum Gasteiger partial charge on any atom is 0.128 e. The summed E-state index contributed by atoms with van der Waals surface area (Å²) in [5.74, 6) is 0.929. The number of methoxy groups -OCH3 is 1. The number of ether oxygens (including phenoxy) is 1. The van der Waals surface area contributed by atoms with Crippen LogP contribution in [0.2, 0.25) is 0 Å². The first kappa shape index (κ1) is 25.2. The molecule has 2 aromatic rings. The zero-order chi connectivity index (χ0) is 22.9. The zero-order valence-electron chi connectivity index (χ0n) is 20.4. The van der Waals surface area contributed by atoms with E-state index >= 15 is 0 Å². The third kappa shape index (κ3) is 6.22. The molecule has 1 N–H and O–H groups in total. The van der Waals surface area contributed by atoms with Gasteiger partial charge in [-0.05, 0) is 74.3 Å². The van der Waals surface area contributed by atoms with E-state index in [1.807, 2.05) is 7.05 Å². The van der Waals surface area contributed by atoms with Crippen molar-refractivity contribution in [2.45, 2.75) is 57.3 Å². The van der Waals surface area contributed by atoms with Crippen molar-refractivity contribution in [3.05, 3.63) is 53.6 Å². The second-order valence-electron chi connectivity index (χ2n) is 8.18. The normalized spacial score (nSPS) is 13.3. The maximum atomic E-state index is 5.72. The van der Waals surface area contributed by atoms with Crippen molar-refractivity contribution in [1.29, 1.82) is 0 Å². The van der Waals surface area contributed by atoms with Gasteiger partial charge in [-0.3, -0.25) is 0 Å². The van der Waals surface area contributed by atoms with Crippen LogP contribution in [0.15, 0.2) is 47.4 Å².